The van der Waals surface area contributed by atoms with E-state index in [2.05, 4.69) is 14.9 Å². The molecule has 3 aromatic rings. The van der Waals surface area contributed by atoms with Crippen LogP contribution in [0.15, 0.2) is 53.7 Å². The molecule has 0 unspecified atom stereocenters. The van der Waals surface area contributed by atoms with Gasteiger partial charge in [0.2, 0.25) is 0 Å². The van der Waals surface area contributed by atoms with Gasteiger partial charge in [0.15, 0.2) is 23.9 Å². The summed E-state index contributed by atoms with van der Waals surface area (Å²) in [6, 6.07) is 14.1. The van der Waals surface area contributed by atoms with E-state index >= 15 is 0 Å². The average Bonchev–Trinajstić information content (AvgIpc) is 3.09. The lowest BCUT2D eigenvalue weighted by Gasteiger charge is -2.11. The highest BCUT2D eigenvalue weighted by Crippen LogP contribution is 2.30. The maximum atomic E-state index is 12.4. The molecule has 0 bridgehead atoms. The Morgan fingerprint density at radius 2 is 1.93 bits per heavy atom. The van der Waals surface area contributed by atoms with Crippen molar-refractivity contribution in [2.75, 3.05) is 7.11 Å². The highest BCUT2D eigenvalue weighted by Gasteiger charge is 2.13. The van der Waals surface area contributed by atoms with Crippen LogP contribution in [0, 0.1) is 6.92 Å². The van der Waals surface area contributed by atoms with Gasteiger partial charge in [0.05, 0.1) is 17.7 Å². The lowest BCUT2D eigenvalue weighted by atomic mass is 10.2. The first-order valence-corrected chi connectivity index (χ1v) is 9.40. The number of nitrogens with two attached hydrogens (primary N) is 1. The molecule has 9 heteroatoms. The molecule has 0 radical (unpaired) electrons. The summed E-state index contributed by atoms with van der Waals surface area (Å²) in [5.74, 6) is 0.109. The van der Waals surface area contributed by atoms with Gasteiger partial charge in [-0.25, -0.2) is 4.98 Å². The number of hydrogen-bond acceptors (Lipinski definition) is 6. The summed E-state index contributed by atoms with van der Waals surface area (Å²) in [7, 11) is 1.35. The molecule has 0 spiro atoms. The van der Waals surface area contributed by atoms with Gasteiger partial charge < -0.3 is 20.0 Å². The molecule has 0 fully saturated rings. The number of methoxy groups -OCH3 is 1. The van der Waals surface area contributed by atoms with Crippen molar-refractivity contribution in [3.05, 3.63) is 64.7 Å². The van der Waals surface area contributed by atoms with E-state index in [4.69, 9.17) is 15.3 Å². The Hall–Kier alpha value is -3.20. The zero-order chi connectivity index (χ0) is 20.8. The Labute approximate surface area is 170 Å². The summed E-state index contributed by atoms with van der Waals surface area (Å²) in [4.78, 5) is 10.9. The van der Waals surface area contributed by atoms with Crippen LogP contribution < -0.4 is 15.2 Å². The highest BCUT2D eigenvalue weighted by molar-refractivity contribution is 7.15. The fraction of sp³-hybridized carbons (Fsp3) is 0.200. The molecule has 0 saturated heterocycles. The van der Waals surface area contributed by atoms with Gasteiger partial charge in [-0.3, -0.25) is 0 Å². The molecule has 29 heavy (non-hydrogen) atoms. The molecule has 0 saturated carbocycles. The van der Waals surface area contributed by atoms with E-state index in [1.165, 1.54) is 36.6 Å². The number of benzene rings is 2. The third kappa shape index (κ3) is 5.20. The molecule has 0 amide bonds. The predicted molar refractivity (Wildman–Crippen MR) is 107 cm³/mol. The quantitative estimate of drug-likeness (QED) is 0.329. The summed E-state index contributed by atoms with van der Waals surface area (Å²) in [6.07, 6.45) is 0. The summed E-state index contributed by atoms with van der Waals surface area (Å²) < 4.78 is 34.3. The summed E-state index contributed by atoms with van der Waals surface area (Å²) in [5, 5.41) is 4.81. The van der Waals surface area contributed by atoms with E-state index in [1.54, 1.807) is 0 Å². The van der Waals surface area contributed by atoms with Crippen LogP contribution in [0.1, 0.15) is 16.1 Å². The fourth-order valence-corrected chi connectivity index (χ4v) is 3.47. The van der Waals surface area contributed by atoms with Crippen LogP contribution in [0.5, 0.6) is 11.5 Å². The Bertz CT molecular complexity index is 994. The Balaban J connectivity index is 1.68. The van der Waals surface area contributed by atoms with Crippen molar-refractivity contribution < 1.29 is 23.1 Å². The number of aryl methyl sites for hydroxylation is 1. The van der Waals surface area contributed by atoms with Gasteiger partial charge in [0.25, 0.3) is 0 Å². The molecule has 1 heterocycles. The number of hydrogen-bond donors (Lipinski definition) is 1. The monoisotopic (exact) mass is 419 g/mol. The number of thiazole rings is 1. The molecular weight excluding hydrogens is 400 g/mol. The molecule has 2 N–H and O–H groups in total. The van der Waals surface area contributed by atoms with Crippen molar-refractivity contribution in [2.24, 2.45) is 10.9 Å². The fourth-order valence-electron chi connectivity index (χ4n) is 2.50. The molecule has 152 valence electrons. The van der Waals surface area contributed by atoms with Crippen molar-refractivity contribution in [3.8, 4) is 22.1 Å². The van der Waals surface area contributed by atoms with Gasteiger partial charge in [-0.2, -0.15) is 8.78 Å². The number of aromatic nitrogens is 1. The van der Waals surface area contributed by atoms with Gasteiger partial charge in [-0.05, 0) is 25.1 Å². The van der Waals surface area contributed by atoms with Gasteiger partial charge in [0, 0.05) is 11.1 Å². The second-order valence-corrected chi connectivity index (χ2v) is 6.97. The summed E-state index contributed by atoms with van der Waals surface area (Å²) >= 11 is 1.52. The van der Waals surface area contributed by atoms with Crippen molar-refractivity contribution >= 4 is 17.2 Å². The molecule has 2 aromatic carbocycles. The van der Waals surface area contributed by atoms with Crippen LogP contribution in [0.25, 0.3) is 10.6 Å². The number of oxime groups is 1. The third-order valence-electron chi connectivity index (χ3n) is 3.95. The van der Waals surface area contributed by atoms with Crippen LogP contribution in [0.4, 0.5) is 8.78 Å². The number of nitrogens with zero attached hydrogens (tertiary/aromatic N) is 2. The molecule has 0 aliphatic carbocycles. The molecule has 0 aliphatic rings. The second-order valence-electron chi connectivity index (χ2n) is 5.89. The van der Waals surface area contributed by atoms with Crippen LogP contribution >= 0.6 is 11.3 Å². The van der Waals surface area contributed by atoms with Gasteiger partial charge in [-0.1, -0.05) is 35.5 Å². The summed E-state index contributed by atoms with van der Waals surface area (Å²) in [6.45, 7) is -0.838. The smallest absolute Gasteiger partial charge is 0.387 e. The van der Waals surface area contributed by atoms with E-state index in [-0.39, 0.29) is 23.9 Å². The van der Waals surface area contributed by atoms with Crippen LogP contribution in [0.2, 0.25) is 0 Å². The molecule has 1 aromatic heterocycles. The minimum absolute atomic E-state index is 0.0809. The first-order chi connectivity index (χ1) is 14.0. The van der Waals surface area contributed by atoms with Crippen molar-refractivity contribution in [1.82, 2.24) is 4.98 Å². The zero-order valence-corrected chi connectivity index (χ0v) is 16.6. The Morgan fingerprint density at radius 1 is 1.17 bits per heavy atom. The second kappa shape index (κ2) is 9.33. The molecule has 3 rings (SSSR count). The number of amidine groups is 1. The van der Waals surface area contributed by atoms with Gasteiger partial charge >= 0.3 is 6.61 Å². The third-order valence-corrected chi connectivity index (χ3v) is 5.13. The van der Waals surface area contributed by atoms with Gasteiger partial charge in [0.1, 0.15) is 5.01 Å². The number of halogens is 2. The first-order valence-electron chi connectivity index (χ1n) is 8.58. The Kier molecular flexibility index (Phi) is 6.61. The number of alkyl halides is 2. The largest absolute Gasteiger partial charge is 0.493 e. The lowest BCUT2D eigenvalue weighted by Crippen LogP contribution is -2.14. The maximum absolute atomic E-state index is 12.4. The topological polar surface area (TPSA) is 79.0 Å². The van der Waals surface area contributed by atoms with E-state index in [9.17, 15) is 8.78 Å². The number of ether oxygens (including phenoxy) is 2. The van der Waals surface area contributed by atoms with Crippen molar-refractivity contribution in [2.45, 2.75) is 20.1 Å². The van der Waals surface area contributed by atoms with Crippen molar-refractivity contribution in [1.29, 1.82) is 0 Å². The standard InChI is InChI=1S/C20H19F2N3O3S/c1-12-17(29-19(24-12)13-6-4-3-5-7-13)11-27-25-18(23)14-8-9-15(28-20(21)22)16(10-14)26-2/h3-10,20H,11H2,1-2H3,(H2,23,25). The van der Waals surface area contributed by atoms with Gasteiger partial charge in [-0.15, -0.1) is 11.3 Å². The molecule has 0 aliphatic heterocycles. The SMILES string of the molecule is COc1cc(/C(N)=N/OCc2sc(-c3ccccc3)nc2C)ccc1OC(F)F. The molecule has 6 nitrogen and oxygen atoms in total. The van der Waals surface area contributed by atoms with E-state index in [1.807, 2.05) is 37.3 Å². The van der Waals surface area contributed by atoms with Crippen LogP contribution in [0.3, 0.4) is 0 Å². The Morgan fingerprint density at radius 3 is 2.62 bits per heavy atom. The maximum Gasteiger partial charge on any atom is 0.387 e. The van der Waals surface area contributed by atoms with E-state index in [0.29, 0.717) is 5.56 Å². The average molecular weight is 419 g/mol. The van der Waals surface area contributed by atoms with Crippen molar-refractivity contribution in [3.63, 3.8) is 0 Å². The highest BCUT2D eigenvalue weighted by atomic mass is 32.1. The van der Waals surface area contributed by atoms with Crippen LogP contribution in [-0.2, 0) is 11.4 Å². The zero-order valence-electron chi connectivity index (χ0n) is 15.8. The van der Waals surface area contributed by atoms with Crippen LogP contribution in [-0.4, -0.2) is 24.5 Å². The predicted octanol–water partition coefficient (Wildman–Crippen LogP) is 4.57. The van der Waals surface area contributed by atoms with E-state index < -0.39 is 6.61 Å². The molecular formula is C20H19F2N3O3S. The lowest BCUT2D eigenvalue weighted by molar-refractivity contribution is -0.0512. The minimum atomic E-state index is -2.95. The minimum Gasteiger partial charge on any atom is -0.493 e. The first kappa shape index (κ1) is 20.5. The number of rotatable bonds is 8. The van der Waals surface area contributed by atoms with E-state index in [0.717, 1.165) is 21.1 Å². The normalized spacial score (nSPS) is 11.6. The summed E-state index contributed by atoms with van der Waals surface area (Å²) in [5.41, 5.74) is 8.28. The molecule has 0 atom stereocenters.